The third-order valence-electron chi connectivity index (χ3n) is 1.85. The number of fused-ring (bicyclic) bond motifs is 1. The van der Waals surface area contributed by atoms with E-state index in [0.29, 0.717) is 6.20 Å². The number of hydrogen-bond donors (Lipinski definition) is 0. The van der Waals surface area contributed by atoms with Crippen molar-refractivity contribution >= 4 is 16.7 Å². The van der Waals surface area contributed by atoms with Crippen LogP contribution >= 0.6 is 0 Å². The SMILES string of the molecule is O=c1c[n+]([O-])oc2ccc([N+](=O)[O-])cc12. The highest BCUT2D eigenvalue weighted by Gasteiger charge is 2.10. The molecule has 1 aromatic carbocycles. The minimum absolute atomic E-state index is 0.0104. The number of hydrogen-bond acceptors (Lipinski definition) is 5. The number of aromatic nitrogens is 1. The van der Waals surface area contributed by atoms with E-state index in [9.17, 15) is 20.1 Å². The van der Waals surface area contributed by atoms with Crippen molar-refractivity contribution in [3.05, 3.63) is 49.9 Å². The lowest BCUT2D eigenvalue weighted by molar-refractivity contribution is -0.793. The Labute approximate surface area is 81.9 Å². The summed E-state index contributed by atoms with van der Waals surface area (Å²) in [5.41, 5.74) is -0.823. The molecule has 0 fully saturated rings. The largest absolute Gasteiger partial charge is 0.367 e. The Morgan fingerprint density at radius 3 is 2.80 bits per heavy atom. The Hall–Kier alpha value is -2.44. The van der Waals surface area contributed by atoms with Crippen LogP contribution in [0.4, 0.5) is 5.69 Å². The van der Waals surface area contributed by atoms with E-state index in [-0.39, 0.29) is 21.6 Å². The Balaban J connectivity index is 2.83. The molecule has 76 valence electrons. The zero-order valence-electron chi connectivity index (χ0n) is 7.25. The molecule has 0 radical (unpaired) electrons. The Morgan fingerprint density at radius 1 is 1.40 bits per heavy atom. The number of non-ortho nitro benzene ring substituents is 1. The summed E-state index contributed by atoms with van der Waals surface area (Å²) in [6.45, 7) is 0. The van der Waals surface area contributed by atoms with Crippen LogP contribution < -0.4 is 10.3 Å². The highest BCUT2D eigenvalue weighted by Crippen LogP contribution is 2.16. The van der Waals surface area contributed by atoms with Crippen LogP contribution in [0.1, 0.15) is 0 Å². The van der Waals surface area contributed by atoms with Crippen molar-refractivity contribution < 1.29 is 14.3 Å². The van der Waals surface area contributed by atoms with Gasteiger partial charge in [-0.15, -0.1) is 0 Å². The maximum Gasteiger partial charge on any atom is 0.281 e. The van der Waals surface area contributed by atoms with Crippen LogP contribution in [0.2, 0.25) is 0 Å². The van der Waals surface area contributed by atoms with E-state index in [1.165, 1.54) is 6.07 Å². The van der Waals surface area contributed by atoms with Crippen molar-refractivity contribution in [1.29, 1.82) is 0 Å². The first-order chi connectivity index (χ1) is 7.08. The van der Waals surface area contributed by atoms with E-state index in [2.05, 4.69) is 4.52 Å². The Morgan fingerprint density at radius 2 is 2.13 bits per heavy atom. The fraction of sp³-hybridized carbons (Fsp3) is 0. The van der Waals surface area contributed by atoms with Gasteiger partial charge in [0, 0.05) is 17.0 Å². The molecule has 2 rings (SSSR count). The first-order valence-corrected chi connectivity index (χ1v) is 3.90. The van der Waals surface area contributed by atoms with Gasteiger partial charge in [-0.3, -0.25) is 20.1 Å². The van der Waals surface area contributed by atoms with Crippen LogP contribution in [-0.2, 0) is 0 Å². The van der Waals surface area contributed by atoms with E-state index < -0.39 is 10.4 Å². The first kappa shape index (κ1) is 9.13. The summed E-state index contributed by atoms with van der Waals surface area (Å²) in [6, 6.07) is 3.44. The maximum atomic E-state index is 11.3. The Kier molecular flexibility index (Phi) is 1.86. The van der Waals surface area contributed by atoms with Gasteiger partial charge in [-0.1, -0.05) is 0 Å². The molecule has 0 amide bonds. The van der Waals surface area contributed by atoms with Gasteiger partial charge in [-0.05, 0) is 6.07 Å². The molecule has 7 nitrogen and oxygen atoms in total. The van der Waals surface area contributed by atoms with Crippen LogP contribution in [0.5, 0.6) is 0 Å². The second-order valence-corrected chi connectivity index (χ2v) is 2.81. The molecule has 1 aromatic heterocycles. The molecule has 0 aliphatic carbocycles. The number of nitrogens with zero attached hydrogens (tertiary/aromatic N) is 2. The molecule has 0 saturated heterocycles. The van der Waals surface area contributed by atoms with E-state index in [1.807, 2.05) is 0 Å². The van der Waals surface area contributed by atoms with Crippen molar-refractivity contribution in [3.8, 4) is 0 Å². The first-order valence-electron chi connectivity index (χ1n) is 3.90. The lowest BCUT2D eigenvalue weighted by atomic mass is 10.2. The quantitative estimate of drug-likeness (QED) is 0.382. The van der Waals surface area contributed by atoms with Crippen molar-refractivity contribution in [2.45, 2.75) is 0 Å². The summed E-state index contributed by atoms with van der Waals surface area (Å²) in [5.74, 6) is 0. The molecule has 0 bridgehead atoms. The van der Waals surface area contributed by atoms with Crippen LogP contribution in [-0.4, -0.2) is 4.92 Å². The minimum atomic E-state index is -0.628. The summed E-state index contributed by atoms with van der Waals surface area (Å²) in [5, 5.41) is 21.2. The fourth-order valence-corrected chi connectivity index (χ4v) is 1.19. The standard InChI is InChI=1S/C8H4N2O5/c11-7-4-9(12)15-8-2-1-5(10(13)14)3-6(7)8/h1-4H. The van der Waals surface area contributed by atoms with Crippen LogP contribution in [0.25, 0.3) is 11.0 Å². The van der Waals surface area contributed by atoms with Crippen molar-refractivity contribution in [3.63, 3.8) is 0 Å². The van der Waals surface area contributed by atoms with Crippen LogP contribution in [0.15, 0.2) is 33.7 Å². The summed E-state index contributed by atoms with van der Waals surface area (Å²) in [4.78, 5) is 21.1. The Bertz CT molecular complexity index is 603. The van der Waals surface area contributed by atoms with E-state index >= 15 is 0 Å². The van der Waals surface area contributed by atoms with Gasteiger partial charge in [0.25, 0.3) is 17.3 Å². The van der Waals surface area contributed by atoms with Crippen molar-refractivity contribution in [1.82, 2.24) is 0 Å². The van der Waals surface area contributed by atoms with Gasteiger partial charge in [-0.25, -0.2) is 0 Å². The molecule has 0 atom stereocenters. The van der Waals surface area contributed by atoms with E-state index in [4.69, 9.17) is 0 Å². The van der Waals surface area contributed by atoms with Gasteiger partial charge in [0.05, 0.1) is 15.9 Å². The molecular formula is C8H4N2O5. The van der Waals surface area contributed by atoms with E-state index in [1.54, 1.807) is 0 Å². The molecule has 0 unspecified atom stereocenters. The zero-order chi connectivity index (χ0) is 11.0. The lowest BCUT2D eigenvalue weighted by Crippen LogP contribution is -2.29. The molecule has 0 spiro atoms. The summed E-state index contributed by atoms with van der Waals surface area (Å²) in [6.07, 6.45) is 0.673. The number of rotatable bonds is 1. The fourth-order valence-electron chi connectivity index (χ4n) is 1.19. The second-order valence-electron chi connectivity index (χ2n) is 2.81. The average Bonchev–Trinajstić information content (AvgIpc) is 2.16. The van der Waals surface area contributed by atoms with Gasteiger partial charge >= 0.3 is 0 Å². The van der Waals surface area contributed by atoms with Gasteiger partial charge in [-0.2, -0.15) is 0 Å². The van der Waals surface area contributed by atoms with Gasteiger partial charge in [0.15, 0.2) is 0 Å². The monoisotopic (exact) mass is 208 g/mol. The number of nitro groups is 1. The smallest absolute Gasteiger partial charge is 0.281 e. The molecule has 1 heterocycles. The van der Waals surface area contributed by atoms with Gasteiger partial charge < -0.3 is 4.52 Å². The molecule has 0 aliphatic rings. The molecule has 2 aromatic rings. The summed E-state index contributed by atoms with van der Waals surface area (Å²) >= 11 is 0. The van der Waals surface area contributed by atoms with Crippen molar-refractivity contribution in [2.75, 3.05) is 0 Å². The molecule has 15 heavy (non-hydrogen) atoms. The highest BCUT2D eigenvalue weighted by molar-refractivity contribution is 5.78. The lowest BCUT2D eigenvalue weighted by Gasteiger charge is -1.97. The topological polar surface area (TPSA) is 100 Å². The molecule has 0 aliphatic heterocycles. The highest BCUT2D eigenvalue weighted by atomic mass is 16.7. The average molecular weight is 208 g/mol. The molecular weight excluding hydrogens is 204 g/mol. The third-order valence-corrected chi connectivity index (χ3v) is 1.85. The zero-order valence-corrected chi connectivity index (χ0v) is 7.25. The summed E-state index contributed by atoms with van der Waals surface area (Å²) in [7, 11) is 0. The van der Waals surface area contributed by atoms with E-state index in [0.717, 1.165) is 12.1 Å². The number of benzene rings is 1. The predicted octanol–water partition coefficient (Wildman–Crippen LogP) is 0.335. The number of nitro benzene ring substituents is 1. The third kappa shape index (κ3) is 1.50. The molecule has 0 N–H and O–H groups in total. The minimum Gasteiger partial charge on any atom is -0.367 e. The van der Waals surface area contributed by atoms with Gasteiger partial charge in [0.1, 0.15) is 0 Å². The van der Waals surface area contributed by atoms with Crippen molar-refractivity contribution in [2.24, 2.45) is 0 Å². The van der Waals surface area contributed by atoms with Gasteiger partial charge in [0.2, 0.25) is 0 Å². The molecule has 0 saturated carbocycles. The molecule has 7 heteroatoms. The summed E-state index contributed by atoms with van der Waals surface area (Å²) < 4.78 is 4.62. The second kappa shape index (κ2) is 3.05. The maximum absolute atomic E-state index is 11.3. The normalized spacial score (nSPS) is 10.4. The van der Waals surface area contributed by atoms with Crippen LogP contribution in [0.3, 0.4) is 0 Å². The van der Waals surface area contributed by atoms with Crippen LogP contribution in [0, 0.1) is 15.3 Å². The predicted molar refractivity (Wildman–Crippen MR) is 48.1 cm³/mol.